The number of hydrogen-bond donors (Lipinski definition) is 3. The summed E-state index contributed by atoms with van der Waals surface area (Å²) in [6, 6.07) is 13.9. The molecule has 152 valence electrons. The molecule has 0 atom stereocenters. The number of anilines is 1. The lowest BCUT2D eigenvalue weighted by Crippen LogP contribution is -2.38. The van der Waals surface area contributed by atoms with E-state index in [0.29, 0.717) is 18.8 Å². The fourth-order valence-corrected chi connectivity index (χ4v) is 2.35. The highest BCUT2D eigenvalue weighted by Gasteiger charge is 2.02. The van der Waals surface area contributed by atoms with Crippen molar-refractivity contribution in [2.45, 2.75) is 19.9 Å². The Morgan fingerprint density at radius 1 is 1.04 bits per heavy atom. The Balaban J connectivity index is 0.00000392. The van der Waals surface area contributed by atoms with Crippen molar-refractivity contribution in [3.05, 3.63) is 65.5 Å². The molecule has 0 bridgehead atoms. The normalized spacial score (nSPS) is 10.6. The smallest absolute Gasteiger partial charge is 0.411 e. The minimum Gasteiger partial charge on any atom is -0.453 e. The third kappa shape index (κ3) is 8.55. The van der Waals surface area contributed by atoms with Crippen molar-refractivity contribution in [1.82, 2.24) is 10.6 Å². The van der Waals surface area contributed by atoms with Gasteiger partial charge < -0.3 is 15.4 Å². The molecule has 0 fully saturated rings. The van der Waals surface area contributed by atoms with Crippen LogP contribution in [0.4, 0.5) is 14.9 Å². The van der Waals surface area contributed by atoms with Gasteiger partial charge in [-0.25, -0.2) is 14.2 Å². The van der Waals surface area contributed by atoms with Crippen LogP contribution in [0.1, 0.15) is 18.1 Å². The molecule has 1 amide bonds. The highest BCUT2D eigenvalue weighted by Crippen LogP contribution is 2.10. The van der Waals surface area contributed by atoms with Gasteiger partial charge >= 0.3 is 6.09 Å². The Morgan fingerprint density at radius 3 is 2.29 bits per heavy atom. The monoisotopic (exact) mass is 500 g/mol. The quantitative estimate of drug-likeness (QED) is 0.306. The van der Waals surface area contributed by atoms with E-state index in [4.69, 9.17) is 0 Å². The van der Waals surface area contributed by atoms with E-state index in [1.165, 1.54) is 19.2 Å². The van der Waals surface area contributed by atoms with Crippen LogP contribution >= 0.6 is 24.0 Å². The van der Waals surface area contributed by atoms with Crippen molar-refractivity contribution in [3.63, 3.8) is 0 Å². The molecule has 28 heavy (non-hydrogen) atoms. The molecule has 0 saturated carbocycles. The van der Waals surface area contributed by atoms with E-state index in [0.717, 1.165) is 30.1 Å². The Labute approximate surface area is 182 Å². The number of aliphatic imine (C=N–C) groups is 1. The molecule has 0 aliphatic heterocycles. The van der Waals surface area contributed by atoms with Crippen LogP contribution in [0.15, 0.2) is 53.5 Å². The number of halogens is 2. The first kappa shape index (κ1) is 23.7. The number of rotatable bonds is 7. The molecule has 0 heterocycles. The van der Waals surface area contributed by atoms with Gasteiger partial charge in [-0.3, -0.25) is 5.32 Å². The second-order valence-electron chi connectivity index (χ2n) is 5.81. The number of benzene rings is 2. The highest BCUT2D eigenvalue weighted by molar-refractivity contribution is 14.0. The predicted octanol–water partition coefficient (Wildman–Crippen LogP) is 3.92. The van der Waals surface area contributed by atoms with Crippen LogP contribution in [0.5, 0.6) is 0 Å². The number of nitrogens with zero attached hydrogens (tertiary/aromatic N) is 1. The number of amides is 1. The maximum absolute atomic E-state index is 12.9. The van der Waals surface area contributed by atoms with E-state index in [2.05, 4.69) is 25.7 Å². The van der Waals surface area contributed by atoms with Crippen molar-refractivity contribution >= 4 is 41.7 Å². The molecule has 0 aliphatic rings. The zero-order valence-electron chi connectivity index (χ0n) is 16.0. The largest absolute Gasteiger partial charge is 0.453 e. The number of methoxy groups -OCH3 is 1. The number of ether oxygens (including phenoxy) is 1. The summed E-state index contributed by atoms with van der Waals surface area (Å²) >= 11 is 0. The second kappa shape index (κ2) is 12.9. The topological polar surface area (TPSA) is 74.8 Å². The van der Waals surface area contributed by atoms with Gasteiger partial charge in [0.1, 0.15) is 5.82 Å². The van der Waals surface area contributed by atoms with Gasteiger partial charge in [0.15, 0.2) is 5.96 Å². The van der Waals surface area contributed by atoms with Gasteiger partial charge in [0, 0.05) is 18.8 Å². The minimum atomic E-state index is -0.499. The molecular weight excluding hydrogens is 474 g/mol. The van der Waals surface area contributed by atoms with Crippen LogP contribution in [-0.4, -0.2) is 32.3 Å². The third-order valence-corrected chi connectivity index (χ3v) is 3.77. The minimum absolute atomic E-state index is 0. The number of carbonyl (C=O) groups is 1. The summed E-state index contributed by atoms with van der Waals surface area (Å²) in [5.41, 5.74) is 2.74. The SMILES string of the molecule is CCNC(=NCc1ccc(NC(=O)OC)cc1)NCCc1ccc(F)cc1.I. The van der Waals surface area contributed by atoms with Crippen LogP contribution in [0.3, 0.4) is 0 Å². The van der Waals surface area contributed by atoms with Crippen molar-refractivity contribution < 1.29 is 13.9 Å². The average Bonchev–Trinajstić information content (AvgIpc) is 2.68. The summed E-state index contributed by atoms with van der Waals surface area (Å²) in [4.78, 5) is 15.7. The first-order chi connectivity index (χ1) is 13.1. The summed E-state index contributed by atoms with van der Waals surface area (Å²) in [5.74, 6) is 0.491. The molecule has 6 nitrogen and oxygen atoms in total. The third-order valence-electron chi connectivity index (χ3n) is 3.77. The van der Waals surface area contributed by atoms with Gasteiger partial charge in [-0.15, -0.1) is 24.0 Å². The lowest BCUT2D eigenvalue weighted by atomic mass is 10.1. The van der Waals surface area contributed by atoms with Crippen LogP contribution in [-0.2, 0) is 17.7 Å². The van der Waals surface area contributed by atoms with E-state index in [9.17, 15) is 9.18 Å². The molecule has 2 aromatic carbocycles. The van der Waals surface area contributed by atoms with Gasteiger partial charge in [0.05, 0.1) is 13.7 Å². The summed E-state index contributed by atoms with van der Waals surface area (Å²) in [5, 5.41) is 9.08. The molecule has 3 N–H and O–H groups in total. The van der Waals surface area contributed by atoms with Crippen molar-refractivity contribution in [2.24, 2.45) is 4.99 Å². The standard InChI is InChI=1S/C20H25FN4O2.HI/c1-3-22-19(23-13-12-15-4-8-17(21)9-5-15)24-14-16-6-10-18(11-7-16)25-20(26)27-2;/h4-11H,3,12-14H2,1-2H3,(H,25,26)(H2,22,23,24);1H. The summed E-state index contributed by atoms with van der Waals surface area (Å²) < 4.78 is 17.5. The zero-order chi connectivity index (χ0) is 19.5. The molecule has 0 aromatic heterocycles. The van der Waals surface area contributed by atoms with Crippen molar-refractivity contribution in [1.29, 1.82) is 0 Å². The lowest BCUT2D eigenvalue weighted by molar-refractivity contribution is 0.187. The summed E-state index contributed by atoms with van der Waals surface area (Å²) in [6.45, 7) is 3.96. The predicted molar refractivity (Wildman–Crippen MR) is 121 cm³/mol. The van der Waals surface area contributed by atoms with Gasteiger partial charge in [0.2, 0.25) is 0 Å². The Morgan fingerprint density at radius 2 is 1.68 bits per heavy atom. The van der Waals surface area contributed by atoms with E-state index in [1.807, 2.05) is 19.1 Å². The number of nitrogens with one attached hydrogen (secondary N) is 3. The van der Waals surface area contributed by atoms with Crippen LogP contribution in [0.25, 0.3) is 0 Å². The highest BCUT2D eigenvalue weighted by atomic mass is 127. The first-order valence-corrected chi connectivity index (χ1v) is 8.81. The Kier molecular flexibility index (Phi) is 10.9. The Bertz CT molecular complexity index is 752. The number of hydrogen-bond acceptors (Lipinski definition) is 3. The van der Waals surface area contributed by atoms with Crippen LogP contribution < -0.4 is 16.0 Å². The molecule has 2 aromatic rings. The fourth-order valence-electron chi connectivity index (χ4n) is 2.35. The lowest BCUT2D eigenvalue weighted by Gasteiger charge is -2.11. The van der Waals surface area contributed by atoms with Gasteiger partial charge in [-0.1, -0.05) is 24.3 Å². The van der Waals surface area contributed by atoms with Gasteiger partial charge in [-0.2, -0.15) is 0 Å². The molecule has 8 heteroatoms. The summed E-state index contributed by atoms with van der Waals surface area (Å²) in [7, 11) is 1.32. The maximum Gasteiger partial charge on any atom is 0.411 e. The zero-order valence-corrected chi connectivity index (χ0v) is 18.3. The number of guanidine groups is 1. The van der Waals surface area contributed by atoms with Crippen LogP contribution in [0, 0.1) is 5.82 Å². The maximum atomic E-state index is 12.9. The molecule has 0 aliphatic carbocycles. The van der Waals surface area contributed by atoms with Crippen LogP contribution in [0.2, 0.25) is 0 Å². The van der Waals surface area contributed by atoms with E-state index in [-0.39, 0.29) is 29.8 Å². The molecule has 0 unspecified atom stereocenters. The summed E-state index contributed by atoms with van der Waals surface area (Å²) in [6.07, 6.45) is 0.277. The Hall–Kier alpha value is -2.36. The molecule has 0 radical (unpaired) electrons. The average molecular weight is 500 g/mol. The van der Waals surface area contributed by atoms with Crippen molar-refractivity contribution in [3.8, 4) is 0 Å². The second-order valence-corrected chi connectivity index (χ2v) is 5.81. The van der Waals surface area contributed by atoms with Gasteiger partial charge in [-0.05, 0) is 48.7 Å². The van der Waals surface area contributed by atoms with E-state index >= 15 is 0 Å². The van der Waals surface area contributed by atoms with E-state index < -0.39 is 6.09 Å². The van der Waals surface area contributed by atoms with Gasteiger partial charge in [0.25, 0.3) is 0 Å². The number of carbonyl (C=O) groups excluding carboxylic acids is 1. The fraction of sp³-hybridized carbons (Fsp3) is 0.300. The molecule has 2 rings (SSSR count). The molecular formula is C20H26FIN4O2. The first-order valence-electron chi connectivity index (χ1n) is 8.81. The molecule has 0 saturated heterocycles. The molecule has 0 spiro atoms. The van der Waals surface area contributed by atoms with E-state index in [1.54, 1.807) is 24.3 Å². The van der Waals surface area contributed by atoms with Crippen molar-refractivity contribution in [2.75, 3.05) is 25.5 Å².